The Balaban J connectivity index is 1.69. The number of anilines is 3. The third-order valence-corrected chi connectivity index (χ3v) is 7.04. The minimum absolute atomic E-state index is 0.0105. The van der Waals surface area contributed by atoms with E-state index in [1.54, 1.807) is 37.4 Å². The summed E-state index contributed by atoms with van der Waals surface area (Å²) < 4.78 is 38.0. The number of methoxy groups -OCH3 is 1. The fourth-order valence-corrected chi connectivity index (χ4v) is 5.06. The number of ether oxygens (including phenoxy) is 2. The molecule has 0 aliphatic carbocycles. The Labute approximate surface area is 221 Å². The van der Waals surface area contributed by atoms with E-state index in [2.05, 4.69) is 25.0 Å². The Kier molecular flexibility index (Phi) is 8.37. The van der Waals surface area contributed by atoms with Crippen LogP contribution in [0.25, 0.3) is 22.0 Å². The average Bonchev–Trinajstić information content (AvgIpc) is 2.92. The molecule has 2 N–H and O–H groups in total. The van der Waals surface area contributed by atoms with Crippen LogP contribution in [-0.2, 0) is 14.8 Å². The Hall–Kier alpha value is -4.25. The quantitative estimate of drug-likeness (QED) is 0.250. The second-order valence-corrected chi connectivity index (χ2v) is 10.3. The largest absolute Gasteiger partial charge is 0.480 e. The number of sulfonamides is 1. The molecular formula is C27H29N5O5S. The summed E-state index contributed by atoms with van der Waals surface area (Å²) in [4.78, 5) is 25.2. The zero-order valence-corrected chi connectivity index (χ0v) is 22.2. The number of pyridine rings is 1. The number of nitrogens with zero attached hydrogens (tertiary/aromatic N) is 3. The predicted octanol–water partition coefficient (Wildman–Crippen LogP) is 5.16. The summed E-state index contributed by atoms with van der Waals surface area (Å²) in [6, 6.07) is 14.3. The van der Waals surface area contributed by atoms with Crippen LogP contribution in [0, 0.1) is 0 Å². The van der Waals surface area contributed by atoms with E-state index in [0.29, 0.717) is 34.6 Å². The molecule has 198 valence electrons. The van der Waals surface area contributed by atoms with Crippen molar-refractivity contribution < 1.29 is 22.7 Å². The lowest BCUT2D eigenvalue weighted by atomic mass is 10.0. The molecule has 0 aliphatic rings. The van der Waals surface area contributed by atoms with Gasteiger partial charge in [-0.15, -0.1) is 0 Å². The number of unbranched alkanes of at least 4 members (excludes halogenated alkanes) is 1. The van der Waals surface area contributed by atoms with Gasteiger partial charge in [0, 0.05) is 22.8 Å². The lowest BCUT2D eigenvalue weighted by molar-refractivity contribution is 0.0526. The molecule has 0 saturated carbocycles. The predicted molar refractivity (Wildman–Crippen MR) is 147 cm³/mol. The average molecular weight is 536 g/mol. The van der Waals surface area contributed by atoms with Crippen molar-refractivity contribution in [3.8, 4) is 17.0 Å². The fourth-order valence-electron chi connectivity index (χ4n) is 3.81. The van der Waals surface area contributed by atoms with Gasteiger partial charge in [0.15, 0.2) is 0 Å². The molecule has 2 aromatic carbocycles. The molecule has 2 heterocycles. The van der Waals surface area contributed by atoms with Crippen molar-refractivity contribution in [2.24, 2.45) is 0 Å². The van der Waals surface area contributed by atoms with E-state index in [0.717, 1.165) is 17.4 Å². The van der Waals surface area contributed by atoms with Crippen LogP contribution in [0.3, 0.4) is 0 Å². The molecule has 38 heavy (non-hydrogen) atoms. The highest BCUT2D eigenvalue weighted by Crippen LogP contribution is 2.32. The maximum Gasteiger partial charge on any atom is 0.338 e. The van der Waals surface area contributed by atoms with Gasteiger partial charge in [0.1, 0.15) is 17.8 Å². The first-order chi connectivity index (χ1) is 18.3. The Bertz CT molecular complexity index is 1560. The van der Waals surface area contributed by atoms with Crippen molar-refractivity contribution in [3.05, 3.63) is 66.6 Å². The van der Waals surface area contributed by atoms with Crippen molar-refractivity contribution in [2.45, 2.75) is 26.7 Å². The Morgan fingerprint density at radius 1 is 1.00 bits per heavy atom. The fraction of sp³-hybridized carbons (Fsp3) is 0.259. The highest BCUT2D eigenvalue weighted by atomic mass is 32.2. The molecule has 0 unspecified atom stereocenters. The lowest BCUT2D eigenvalue weighted by Gasteiger charge is -2.13. The van der Waals surface area contributed by atoms with Crippen molar-refractivity contribution in [1.29, 1.82) is 0 Å². The summed E-state index contributed by atoms with van der Waals surface area (Å²) in [6.45, 7) is 3.98. The minimum Gasteiger partial charge on any atom is -0.480 e. The third-order valence-electron chi connectivity index (χ3n) is 5.68. The van der Waals surface area contributed by atoms with Crippen LogP contribution < -0.4 is 14.8 Å². The first-order valence-corrected chi connectivity index (χ1v) is 13.8. The van der Waals surface area contributed by atoms with Crippen LogP contribution in [0.2, 0.25) is 0 Å². The number of carbonyl (C=O) groups is 1. The second kappa shape index (κ2) is 11.9. The van der Waals surface area contributed by atoms with Gasteiger partial charge in [0.25, 0.3) is 0 Å². The van der Waals surface area contributed by atoms with Crippen molar-refractivity contribution in [1.82, 2.24) is 15.0 Å². The van der Waals surface area contributed by atoms with Crippen molar-refractivity contribution in [3.63, 3.8) is 0 Å². The van der Waals surface area contributed by atoms with E-state index in [4.69, 9.17) is 9.47 Å². The van der Waals surface area contributed by atoms with E-state index in [-0.39, 0.29) is 23.9 Å². The van der Waals surface area contributed by atoms with E-state index < -0.39 is 16.0 Å². The number of hydrogen-bond donors (Lipinski definition) is 2. The molecule has 11 heteroatoms. The van der Waals surface area contributed by atoms with Gasteiger partial charge in [-0.2, -0.15) is 0 Å². The number of rotatable bonds is 11. The van der Waals surface area contributed by atoms with Crippen LogP contribution >= 0.6 is 0 Å². The number of hydrogen-bond acceptors (Lipinski definition) is 9. The molecule has 0 amide bonds. The lowest BCUT2D eigenvalue weighted by Crippen LogP contribution is -2.17. The molecular weight excluding hydrogens is 506 g/mol. The summed E-state index contributed by atoms with van der Waals surface area (Å²) in [5, 5.41) is 3.99. The summed E-state index contributed by atoms with van der Waals surface area (Å²) >= 11 is 0. The zero-order chi connectivity index (χ0) is 27.1. The number of aromatic nitrogens is 3. The molecule has 0 radical (unpaired) electrons. The molecule has 4 rings (SSSR count). The minimum atomic E-state index is -3.55. The standard InChI is InChI=1S/C27H29N5O5S/c1-4-6-12-38(34,35)32-24-15-20(16-28-26(24)36-3)18-10-11-23-22(14-18)25(30-17-29-23)31-21-9-7-8-19(13-21)27(33)37-5-2/h7-11,13-17,32H,4-6,12H2,1-3H3,(H,29,30,31). The molecule has 4 aromatic rings. The van der Waals surface area contributed by atoms with Crippen LogP contribution in [-0.4, -0.2) is 48.8 Å². The van der Waals surface area contributed by atoms with E-state index in [1.807, 2.05) is 31.2 Å². The number of benzene rings is 2. The molecule has 0 bridgehead atoms. The zero-order valence-electron chi connectivity index (χ0n) is 21.4. The normalized spacial score (nSPS) is 11.2. The van der Waals surface area contributed by atoms with Gasteiger partial charge in [-0.25, -0.2) is 28.2 Å². The van der Waals surface area contributed by atoms with Crippen LogP contribution in [0.5, 0.6) is 5.88 Å². The van der Waals surface area contributed by atoms with Crippen molar-refractivity contribution in [2.75, 3.05) is 29.5 Å². The Morgan fingerprint density at radius 2 is 1.84 bits per heavy atom. The molecule has 2 aromatic heterocycles. The Morgan fingerprint density at radius 3 is 2.61 bits per heavy atom. The van der Waals surface area contributed by atoms with E-state index in [9.17, 15) is 13.2 Å². The second-order valence-electron chi connectivity index (χ2n) is 8.44. The molecule has 0 aliphatic heterocycles. The molecule has 0 spiro atoms. The van der Waals surface area contributed by atoms with Gasteiger partial charge in [-0.3, -0.25) is 4.72 Å². The van der Waals surface area contributed by atoms with Gasteiger partial charge in [0.2, 0.25) is 15.9 Å². The number of carbonyl (C=O) groups excluding carboxylic acids is 1. The van der Waals surface area contributed by atoms with Gasteiger partial charge in [0.05, 0.1) is 30.5 Å². The molecule has 0 fully saturated rings. The van der Waals surface area contributed by atoms with Gasteiger partial charge >= 0.3 is 5.97 Å². The summed E-state index contributed by atoms with van der Waals surface area (Å²) in [5.74, 6) is 0.331. The molecule has 0 saturated heterocycles. The van der Waals surface area contributed by atoms with Gasteiger partial charge < -0.3 is 14.8 Å². The van der Waals surface area contributed by atoms with E-state index >= 15 is 0 Å². The summed E-state index contributed by atoms with van der Waals surface area (Å²) in [6.07, 6.45) is 4.38. The van der Waals surface area contributed by atoms with Gasteiger partial charge in [-0.05, 0) is 55.3 Å². The number of fused-ring (bicyclic) bond motifs is 1. The summed E-state index contributed by atoms with van der Waals surface area (Å²) in [5.41, 5.74) is 3.51. The summed E-state index contributed by atoms with van der Waals surface area (Å²) in [7, 11) is -2.11. The molecule has 0 atom stereocenters. The molecule has 10 nitrogen and oxygen atoms in total. The van der Waals surface area contributed by atoms with Crippen molar-refractivity contribution >= 4 is 44.1 Å². The van der Waals surface area contributed by atoms with Crippen LogP contribution in [0.1, 0.15) is 37.0 Å². The van der Waals surface area contributed by atoms with E-state index in [1.165, 1.54) is 13.4 Å². The number of nitrogens with one attached hydrogen (secondary N) is 2. The first kappa shape index (κ1) is 26.8. The first-order valence-electron chi connectivity index (χ1n) is 12.2. The van der Waals surface area contributed by atoms with Gasteiger partial charge in [-0.1, -0.05) is 25.5 Å². The van der Waals surface area contributed by atoms with Crippen LogP contribution in [0.15, 0.2) is 61.1 Å². The third kappa shape index (κ3) is 6.35. The highest BCUT2D eigenvalue weighted by Gasteiger charge is 2.16. The monoisotopic (exact) mass is 535 g/mol. The maximum atomic E-state index is 12.5. The maximum absolute atomic E-state index is 12.5. The smallest absolute Gasteiger partial charge is 0.338 e. The van der Waals surface area contributed by atoms with Crippen LogP contribution in [0.4, 0.5) is 17.2 Å². The highest BCUT2D eigenvalue weighted by molar-refractivity contribution is 7.92. The topological polar surface area (TPSA) is 132 Å². The number of esters is 1. The SMILES string of the molecule is CCCCS(=O)(=O)Nc1cc(-c2ccc3ncnc(Nc4cccc(C(=O)OCC)c4)c3c2)cnc1OC.